The quantitative estimate of drug-likeness (QED) is 0.868. The Morgan fingerprint density at radius 3 is 2.52 bits per heavy atom. The summed E-state index contributed by atoms with van der Waals surface area (Å²) in [5.41, 5.74) is -2.72. The van der Waals surface area contributed by atoms with Crippen molar-refractivity contribution in [3.63, 3.8) is 0 Å². The van der Waals surface area contributed by atoms with Gasteiger partial charge in [0.15, 0.2) is 11.5 Å². The molecule has 3 rings (SSSR count). The van der Waals surface area contributed by atoms with Crippen molar-refractivity contribution >= 4 is 11.6 Å². The maximum Gasteiger partial charge on any atom is 0.417 e. The summed E-state index contributed by atoms with van der Waals surface area (Å²) < 4.78 is 50.1. The molecule has 1 aromatic heterocycles. The van der Waals surface area contributed by atoms with Crippen LogP contribution in [0.25, 0.3) is 0 Å². The van der Waals surface area contributed by atoms with Gasteiger partial charge in [0, 0.05) is 37.9 Å². The van der Waals surface area contributed by atoms with E-state index in [1.807, 2.05) is 0 Å². The highest BCUT2D eigenvalue weighted by atomic mass is 19.4. The number of carbonyl (C=O) groups is 1. The first-order chi connectivity index (χ1) is 11.5. The van der Waals surface area contributed by atoms with Crippen molar-refractivity contribution in [3.05, 3.63) is 51.9 Å². The zero-order valence-corrected chi connectivity index (χ0v) is 13.2. The minimum absolute atomic E-state index is 0.226. The lowest BCUT2D eigenvalue weighted by atomic mass is 10.1. The lowest BCUT2D eigenvalue weighted by Gasteiger charge is -2.16. The average Bonchev–Trinajstić information content (AvgIpc) is 2.79. The van der Waals surface area contributed by atoms with E-state index in [2.05, 4.69) is 10.3 Å². The summed E-state index contributed by atoms with van der Waals surface area (Å²) in [5, 5.41) is 2.35. The number of aromatic amines is 1. The Morgan fingerprint density at radius 2 is 1.84 bits per heavy atom. The number of alkyl halides is 3. The minimum atomic E-state index is -4.83. The zero-order chi connectivity index (χ0) is 18.4. The van der Waals surface area contributed by atoms with Crippen molar-refractivity contribution in [2.45, 2.75) is 25.8 Å². The fourth-order valence-electron chi connectivity index (χ4n) is 2.39. The summed E-state index contributed by atoms with van der Waals surface area (Å²) in [6.07, 6.45) is -4.10. The van der Waals surface area contributed by atoms with Crippen LogP contribution in [-0.4, -0.2) is 16.7 Å². The van der Waals surface area contributed by atoms with Gasteiger partial charge in [0.1, 0.15) is 0 Å². The van der Waals surface area contributed by atoms with Crippen molar-refractivity contribution in [2.75, 3.05) is 5.32 Å². The van der Waals surface area contributed by atoms with E-state index in [1.54, 1.807) is 13.8 Å². The van der Waals surface area contributed by atoms with Crippen molar-refractivity contribution in [1.82, 2.24) is 4.98 Å². The van der Waals surface area contributed by atoms with E-state index >= 15 is 0 Å². The first kappa shape index (κ1) is 16.9. The molecule has 1 aliphatic rings. The largest absolute Gasteiger partial charge is 0.449 e. The number of hydrogen-bond donors (Lipinski definition) is 2. The van der Waals surface area contributed by atoms with Crippen molar-refractivity contribution < 1.29 is 27.4 Å². The second kappa shape index (κ2) is 5.54. The number of carbonyl (C=O) groups excluding carboxylic acids is 1. The molecule has 0 spiro atoms. The van der Waals surface area contributed by atoms with Crippen LogP contribution in [0.15, 0.2) is 35.3 Å². The SMILES string of the molecule is CC1(C)Oc2ccc(NC(=O)c3c[nH]c(=O)cc3C(F)(F)F)cc2O1. The highest BCUT2D eigenvalue weighted by Crippen LogP contribution is 2.40. The first-order valence-electron chi connectivity index (χ1n) is 7.18. The molecule has 2 heterocycles. The van der Waals surface area contributed by atoms with E-state index in [0.29, 0.717) is 17.6 Å². The summed E-state index contributed by atoms with van der Waals surface area (Å²) in [7, 11) is 0. The number of halogens is 3. The molecular weight excluding hydrogens is 341 g/mol. The number of aromatic nitrogens is 1. The number of ether oxygens (including phenoxy) is 2. The maximum atomic E-state index is 13.0. The zero-order valence-electron chi connectivity index (χ0n) is 13.2. The van der Waals surface area contributed by atoms with Crippen LogP contribution >= 0.6 is 0 Å². The Kier molecular flexibility index (Phi) is 3.74. The fourth-order valence-corrected chi connectivity index (χ4v) is 2.39. The van der Waals surface area contributed by atoms with Gasteiger partial charge in [-0.15, -0.1) is 0 Å². The Hall–Kier alpha value is -2.97. The molecule has 132 valence electrons. The van der Waals surface area contributed by atoms with Crippen molar-refractivity contribution in [1.29, 1.82) is 0 Å². The summed E-state index contributed by atoms with van der Waals surface area (Å²) in [4.78, 5) is 25.4. The molecule has 0 aliphatic carbocycles. The van der Waals surface area contributed by atoms with Crippen LogP contribution in [-0.2, 0) is 6.18 Å². The van der Waals surface area contributed by atoms with Gasteiger partial charge >= 0.3 is 6.18 Å². The van der Waals surface area contributed by atoms with Gasteiger partial charge in [-0.3, -0.25) is 9.59 Å². The Morgan fingerprint density at radius 1 is 1.16 bits per heavy atom. The van der Waals surface area contributed by atoms with Crippen LogP contribution in [0, 0.1) is 0 Å². The van der Waals surface area contributed by atoms with E-state index in [4.69, 9.17) is 9.47 Å². The fraction of sp³-hybridized carbons (Fsp3) is 0.250. The second-order valence-electron chi connectivity index (χ2n) is 5.84. The molecule has 0 bridgehead atoms. The third-order valence-electron chi connectivity index (χ3n) is 3.39. The molecule has 0 fully saturated rings. The van der Waals surface area contributed by atoms with Crippen LogP contribution in [0.1, 0.15) is 29.8 Å². The average molecular weight is 354 g/mol. The number of hydrogen-bond acceptors (Lipinski definition) is 4. The molecule has 9 heteroatoms. The number of rotatable bonds is 2. The van der Waals surface area contributed by atoms with E-state index in [-0.39, 0.29) is 5.69 Å². The topological polar surface area (TPSA) is 80.4 Å². The molecule has 25 heavy (non-hydrogen) atoms. The highest BCUT2D eigenvalue weighted by Gasteiger charge is 2.36. The van der Waals surface area contributed by atoms with Crippen LogP contribution < -0.4 is 20.3 Å². The van der Waals surface area contributed by atoms with E-state index in [9.17, 15) is 22.8 Å². The van der Waals surface area contributed by atoms with Gasteiger partial charge in [-0.1, -0.05) is 0 Å². The van der Waals surface area contributed by atoms with Crippen molar-refractivity contribution in [2.24, 2.45) is 0 Å². The first-order valence-corrected chi connectivity index (χ1v) is 7.18. The van der Waals surface area contributed by atoms with E-state index < -0.39 is 34.6 Å². The monoisotopic (exact) mass is 354 g/mol. The molecule has 0 atom stereocenters. The Bertz CT molecular complexity index is 903. The van der Waals surface area contributed by atoms with Crippen LogP contribution in [0.3, 0.4) is 0 Å². The van der Waals surface area contributed by atoms with Crippen LogP contribution in [0.2, 0.25) is 0 Å². The Balaban J connectivity index is 1.89. The van der Waals surface area contributed by atoms with E-state index in [1.165, 1.54) is 18.2 Å². The summed E-state index contributed by atoms with van der Waals surface area (Å²) in [6, 6.07) is 4.80. The molecular formula is C16H13F3N2O4. The van der Waals surface area contributed by atoms with Crippen LogP contribution in [0.5, 0.6) is 11.5 Å². The molecule has 0 unspecified atom stereocenters. The molecule has 2 N–H and O–H groups in total. The number of amides is 1. The minimum Gasteiger partial charge on any atom is -0.449 e. The van der Waals surface area contributed by atoms with E-state index in [0.717, 1.165) is 6.20 Å². The number of pyridine rings is 1. The molecule has 2 aromatic rings. The second-order valence-corrected chi connectivity index (χ2v) is 5.84. The van der Waals surface area contributed by atoms with Gasteiger partial charge in [0.05, 0.1) is 11.1 Å². The predicted molar refractivity (Wildman–Crippen MR) is 81.8 cm³/mol. The number of fused-ring (bicyclic) bond motifs is 1. The predicted octanol–water partition coefficient (Wildman–Crippen LogP) is 3.15. The third-order valence-corrected chi connectivity index (χ3v) is 3.39. The lowest BCUT2D eigenvalue weighted by Crippen LogP contribution is -2.29. The van der Waals surface area contributed by atoms with Crippen LogP contribution in [0.4, 0.5) is 18.9 Å². The number of anilines is 1. The highest BCUT2D eigenvalue weighted by molar-refractivity contribution is 6.05. The summed E-state index contributed by atoms with van der Waals surface area (Å²) in [5.74, 6) is -1.06. The van der Waals surface area contributed by atoms with Gasteiger partial charge in [0.25, 0.3) is 5.91 Å². The van der Waals surface area contributed by atoms with Gasteiger partial charge in [-0.2, -0.15) is 13.2 Å². The number of benzene rings is 1. The molecule has 0 radical (unpaired) electrons. The third kappa shape index (κ3) is 3.44. The van der Waals surface area contributed by atoms with Gasteiger partial charge < -0.3 is 19.8 Å². The summed E-state index contributed by atoms with van der Waals surface area (Å²) in [6.45, 7) is 3.39. The standard InChI is InChI=1S/C16H13F3N2O4/c1-15(2)24-11-4-3-8(5-12(11)25-15)21-14(23)9-7-20-13(22)6-10(9)16(17,18)19/h3-7H,1-2H3,(H,20,22)(H,21,23). The van der Waals surface area contributed by atoms with Gasteiger partial charge in [-0.05, 0) is 12.1 Å². The number of nitrogens with one attached hydrogen (secondary N) is 2. The Labute approximate surface area is 139 Å². The molecule has 1 aliphatic heterocycles. The molecule has 0 saturated carbocycles. The molecule has 0 saturated heterocycles. The van der Waals surface area contributed by atoms with Gasteiger partial charge in [0.2, 0.25) is 11.3 Å². The van der Waals surface area contributed by atoms with Crippen molar-refractivity contribution in [3.8, 4) is 11.5 Å². The molecule has 1 amide bonds. The smallest absolute Gasteiger partial charge is 0.417 e. The lowest BCUT2D eigenvalue weighted by molar-refractivity contribution is -0.138. The number of H-pyrrole nitrogens is 1. The molecule has 1 aromatic carbocycles. The maximum absolute atomic E-state index is 13.0. The summed E-state index contributed by atoms with van der Waals surface area (Å²) >= 11 is 0. The molecule has 6 nitrogen and oxygen atoms in total. The van der Waals surface area contributed by atoms with Gasteiger partial charge in [-0.25, -0.2) is 0 Å². The normalized spacial score (nSPS) is 15.1.